The quantitative estimate of drug-likeness (QED) is 0.813. The topological polar surface area (TPSA) is 90.7 Å². The summed E-state index contributed by atoms with van der Waals surface area (Å²) in [4.78, 5) is 4.43. The van der Waals surface area contributed by atoms with Gasteiger partial charge < -0.3 is 10.2 Å². The van der Waals surface area contributed by atoms with Gasteiger partial charge in [0.25, 0.3) is 0 Å². The molecule has 2 aromatic rings. The largest absolute Gasteiger partial charge is 0.395 e. The van der Waals surface area contributed by atoms with Gasteiger partial charge in [-0.25, -0.2) is 13.4 Å². The molecular weight excluding hydrogens is 300 g/mol. The molecule has 0 saturated carbocycles. The van der Waals surface area contributed by atoms with Crippen molar-refractivity contribution < 1.29 is 18.6 Å². The van der Waals surface area contributed by atoms with Crippen molar-refractivity contribution in [1.82, 2.24) is 9.29 Å². The van der Waals surface area contributed by atoms with E-state index in [1.54, 1.807) is 12.1 Å². The van der Waals surface area contributed by atoms with E-state index in [9.17, 15) is 8.42 Å². The average molecular weight is 316 g/mol. The number of hydrogen-bond acceptors (Lipinski definition) is 6. The van der Waals surface area contributed by atoms with Crippen LogP contribution in [0.5, 0.6) is 0 Å². The second kappa shape index (κ2) is 6.15. The van der Waals surface area contributed by atoms with Gasteiger partial charge in [-0.05, 0) is 25.1 Å². The first-order chi connectivity index (χ1) is 9.48. The summed E-state index contributed by atoms with van der Waals surface area (Å²) < 4.78 is 26.8. The zero-order chi connectivity index (χ0) is 14.8. The molecule has 1 aromatic carbocycles. The van der Waals surface area contributed by atoms with Crippen LogP contribution in [0.25, 0.3) is 10.2 Å². The normalized spacial score (nSPS) is 12.4. The van der Waals surface area contributed by atoms with Crippen molar-refractivity contribution in [2.24, 2.45) is 0 Å². The van der Waals surface area contributed by atoms with Crippen molar-refractivity contribution in [1.29, 1.82) is 0 Å². The number of nitrogens with zero attached hydrogens (tertiary/aromatic N) is 2. The Hall–Kier alpha value is -1.06. The van der Waals surface area contributed by atoms with Gasteiger partial charge in [-0.1, -0.05) is 0 Å². The fourth-order valence-electron chi connectivity index (χ4n) is 1.90. The molecule has 0 aliphatic carbocycles. The number of fused-ring (bicyclic) bond motifs is 1. The molecule has 8 heteroatoms. The van der Waals surface area contributed by atoms with Crippen molar-refractivity contribution in [2.45, 2.75) is 11.8 Å². The number of aliphatic hydroxyl groups excluding tert-OH is 2. The Morgan fingerprint density at radius 1 is 1.25 bits per heavy atom. The SMILES string of the molecule is Cc1nc2ccc(S(=O)(=O)N(CCO)CCO)cc2s1. The summed E-state index contributed by atoms with van der Waals surface area (Å²) >= 11 is 1.43. The van der Waals surface area contributed by atoms with Crippen molar-refractivity contribution in [3.63, 3.8) is 0 Å². The van der Waals surface area contributed by atoms with E-state index in [-0.39, 0.29) is 31.2 Å². The molecule has 1 heterocycles. The second-order valence-electron chi connectivity index (χ2n) is 4.21. The second-order valence-corrected chi connectivity index (χ2v) is 7.39. The molecule has 0 spiro atoms. The van der Waals surface area contributed by atoms with E-state index in [4.69, 9.17) is 10.2 Å². The fourth-order valence-corrected chi connectivity index (χ4v) is 4.29. The zero-order valence-corrected chi connectivity index (χ0v) is 12.6. The predicted molar refractivity (Wildman–Crippen MR) is 77.3 cm³/mol. The Morgan fingerprint density at radius 2 is 1.90 bits per heavy atom. The highest BCUT2D eigenvalue weighted by Gasteiger charge is 2.24. The molecule has 0 aliphatic heterocycles. The van der Waals surface area contributed by atoms with Crippen molar-refractivity contribution in [3.05, 3.63) is 23.2 Å². The summed E-state index contributed by atoms with van der Waals surface area (Å²) in [6.45, 7) is 1.20. The van der Waals surface area contributed by atoms with Gasteiger partial charge in [0.1, 0.15) is 0 Å². The summed E-state index contributed by atoms with van der Waals surface area (Å²) in [6.07, 6.45) is 0. The number of aromatic nitrogens is 1. The highest BCUT2D eigenvalue weighted by Crippen LogP contribution is 2.26. The zero-order valence-electron chi connectivity index (χ0n) is 11.0. The van der Waals surface area contributed by atoms with Crippen LogP contribution in [0.2, 0.25) is 0 Å². The summed E-state index contributed by atoms with van der Waals surface area (Å²) in [6, 6.07) is 4.75. The van der Waals surface area contributed by atoms with E-state index >= 15 is 0 Å². The third-order valence-corrected chi connectivity index (χ3v) is 5.63. The van der Waals surface area contributed by atoms with Gasteiger partial charge in [0.05, 0.1) is 33.3 Å². The van der Waals surface area contributed by atoms with Gasteiger partial charge in [-0.3, -0.25) is 0 Å². The first kappa shape index (κ1) is 15.3. The first-order valence-corrected chi connectivity index (χ1v) is 8.33. The molecule has 110 valence electrons. The van der Waals surface area contributed by atoms with Gasteiger partial charge in [0, 0.05) is 13.1 Å². The van der Waals surface area contributed by atoms with Crippen LogP contribution in [0.15, 0.2) is 23.1 Å². The first-order valence-electron chi connectivity index (χ1n) is 6.08. The summed E-state index contributed by atoms with van der Waals surface area (Å²) in [5.74, 6) is 0. The molecule has 0 atom stereocenters. The molecule has 20 heavy (non-hydrogen) atoms. The predicted octanol–water partition coefficient (Wildman–Crippen LogP) is 0.580. The minimum atomic E-state index is -3.72. The molecular formula is C12H16N2O4S2. The Balaban J connectivity index is 2.43. The van der Waals surface area contributed by atoms with Gasteiger partial charge in [0.2, 0.25) is 10.0 Å². The van der Waals surface area contributed by atoms with Crippen LogP contribution >= 0.6 is 11.3 Å². The maximum Gasteiger partial charge on any atom is 0.243 e. The van der Waals surface area contributed by atoms with Crippen LogP contribution in [0.1, 0.15) is 5.01 Å². The number of aryl methyl sites for hydroxylation is 1. The summed E-state index contributed by atoms with van der Waals surface area (Å²) in [5, 5.41) is 18.8. The number of hydrogen-bond donors (Lipinski definition) is 2. The maximum absolute atomic E-state index is 12.5. The summed E-state index contributed by atoms with van der Waals surface area (Å²) in [5.41, 5.74) is 0.766. The number of sulfonamides is 1. The Morgan fingerprint density at radius 3 is 2.50 bits per heavy atom. The van der Waals surface area contributed by atoms with Crippen LogP contribution in [-0.2, 0) is 10.0 Å². The molecule has 0 unspecified atom stereocenters. The van der Waals surface area contributed by atoms with Crippen LogP contribution in [0, 0.1) is 6.92 Å². The molecule has 0 saturated heterocycles. The molecule has 0 bridgehead atoms. The average Bonchev–Trinajstić information content (AvgIpc) is 2.77. The molecule has 0 amide bonds. The number of rotatable bonds is 6. The minimum absolute atomic E-state index is 0.0390. The van der Waals surface area contributed by atoms with Crippen molar-refractivity contribution in [2.75, 3.05) is 26.3 Å². The number of benzene rings is 1. The lowest BCUT2D eigenvalue weighted by Crippen LogP contribution is -2.35. The van der Waals surface area contributed by atoms with E-state index in [0.29, 0.717) is 0 Å². The Kier molecular flexibility index (Phi) is 4.71. The van der Waals surface area contributed by atoms with Gasteiger partial charge in [0.15, 0.2) is 0 Å². The highest BCUT2D eigenvalue weighted by atomic mass is 32.2. The number of aliphatic hydroxyl groups is 2. The molecule has 0 fully saturated rings. The van der Waals surface area contributed by atoms with E-state index in [2.05, 4.69) is 4.98 Å². The fraction of sp³-hybridized carbons (Fsp3) is 0.417. The van der Waals surface area contributed by atoms with Crippen LogP contribution in [0.3, 0.4) is 0 Å². The minimum Gasteiger partial charge on any atom is -0.395 e. The third kappa shape index (κ3) is 2.99. The molecule has 2 rings (SSSR count). The monoisotopic (exact) mass is 316 g/mol. The van der Waals surface area contributed by atoms with Crippen LogP contribution in [0.4, 0.5) is 0 Å². The third-order valence-electron chi connectivity index (χ3n) is 2.80. The lowest BCUT2D eigenvalue weighted by Gasteiger charge is -2.20. The lowest BCUT2D eigenvalue weighted by molar-refractivity contribution is 0.217. The van der Waals surface area contributed by atoms with E-state index in [1.807, 2.05) is 6.92 Å². The van der Waals surface area contributed by atoms with E-state index < -0.39 is 10.0 Å². The molecule has 0 radical (unpaired) electrons. The van der Waals surface area contributed by atoms with Crippen LogP contribution < -0.4 is 0 Å². The maximum atomic E-state index is 12.5. The molecule has 0 aliphatic rings. The Labute approximate surface area is 121 Å². The van der Waals surface area contributed by atoms with E-state index in [0.717, 1.165) is 19.5 Å². The number of thiazole rings is 1. The molecule has 2 N–H and O–H groups in total. The lowest BCUT2D eigenvalue weighted by atomic mass is 10.3. The van der Waals surface area contributed by atoms with Crippen molar-refractivity contribution in [3.8, 4) is 0 Å². The Bertz CT molecular complexity index is 691. The van der Waals surface area contributed by atoms with Gasteiger partial charge >= 0.3 is 0 Å². The van der Waals surface area contributed by atoms with Gasteiger partial charge in [-0.15, -0.1) is 11.3 Å². The standard InChI is InChI=1S/C12H16N2O4S2/c1-9-13-11-3-2-10(8-12(11)19-9)20(17,18)14(4-6-15)5-7-16/h2-3,8,15-16H,4-7H2,1H3. The van der Waals surface area contributed by atoms with E-state index in [1.165, 1.54) is 17.4 Å². The van der Waals surface area contributed by atoms with Crippen molar-refractivity contribution >= 4 is 31.6 Å². The molecule has 6 nitrogen and oxygen atoms in total. The molecule has 1 aromatic heterocycles. The van der Waals surface area contributed by atoms with Crippen LogP contribution in [-0.4, -0.2) is 54.2 Å². The smallest absolute Gasteiger partial charge is 0.243 e. The van der Waals surface area contributed by atoms with Gasteiger partial charge in [-0.2, -0.15) is 4.31 Å². The highest BCUT2D eigenvalue weighted by molar-refractivity contribution is 7.89. The summed E-state index contributed by atoms with van der Waals surface area (Å²) in [7, 11) is -3.72.